The number of amides is 3. The fourth-order valence-electron chi connectivity index (χ4n) is 9.03. The van der Waals surface area contributed by atoms with Gasteiger partial charge in [-0.1, -0.05) is 26.8 Å². The summed E-state index contributed by atoms with van der Waals surface area (Å²) in [5, 5.41) is 5.07. The fourth-order valence-corrected chi connectivity index (χ4v) is 9.03. The molecule has 1 aromatic rings. The molecule has 2 N–H and O–H groups in total. The van der Waals surface area contributed by atoms with Crippen LogP contribution in [0.5, 0.6) is 0 Å². The van der Waals surface area contributed by atoms with Gasteiger partial charge in [0.1, 0.15) is 0 Å². The average molecular weight is 599 g/mol. The van der Waals surface area contributed by atoms with Crippen LogP contribution in [0.1, 0.15) is 70.4 Å². The van der Waals surface area contributed by atoms with Gasteiger partial charge in [-0.3, -0.25) is 9.79 Å². The van der Waals surface area contributed by atoms with Crippen molar-refractivity contribution in [3.63, 3.8) is 0 Å². The molecule has 0 spiro atoms. The largest absolute Gasteiger partial charge is 0.416 e. The van der Waals surface area contributed by atoms with Gasteiger partial charge in [-0.15, -0.1) is 0 Å². The normalized spacial score (nSPS) is 37.9. The Morgan fingerprint density at radius 2 is 1.55 bits per heavy atom. The van der Waals surface area contributed by atoms with Crippen LogP contribution in [0.2, 0.25) is 0 Å². The summed E-state index contributed by atoms with van der Waals surface area (Å²) in [7, 11) is 1.84. The highest BCUT2D eigenvalue weighted by Crippen LogP contribution is 2.72. The Labute approximate surface area is 241 Å². The number of anilines is 1. The van der Waals surface area contributed by atoms with Crippen molar-refractivity contribution >= 4 is 24.3 Å². The van der Waals surface area contributed by atoms with Gasteiger partial charge in [0, 0.05) is 35.6 Å². The molecule has 6 nitrogen and oxygen atoms in total. The summed E-state index contributed by atoms with van der Waals surface area (Å²) in [4.78, 5) is 32.2. The Morgan fingerprint density at radius 1 is 0.952 bits per heavy atom. The molecule has 1 aliphatic heterocycles. The lowest BCUT2D eigenvalue weighted by atomic mass is 9.39. The van der Waals surface area contributed by atoms with E-state index in [1.165, 1.54) is 0 Å². The van der Waals surface area contributed by atoms with E-state index in [1.807, 2.05) is 24.9 Å². The summed E-state index contributed by atoms with van der Waals surface area (Å²) < 4.78 is 79.9. The zero-order valence-corrected chi connectivity index (χ0v) is 24.0. The minimum atomic E-state index is -5.03. The molecule has 7 atom stereocenters. The molecule has 0 unspecified atom stereocenters. The summed E-state index contributed by atoms with van der Waals surface area (Å²) in [6, 6.07) is -0.270. The SMILES string of the molecule is C=N[C@@]12CC[C@H](NC(=O)Nc3cc(C(F)(F)F)cc(C(F)(F)F)c3)[C@@]1(C)CC[C@@]1(C)[C@H]2CC[C@H]2N(C)C(=O)C=C[C@@]21C. The van der Waals surface area contributed by atoms with Crippen molar-refractivity contribution in [2.45, 2.75) is 89.3 Å². The van der Waals surface area contributed by atoms with Gasteiger partial charge in [0.15, 0.2) is 0 Å². The van der Waals surface area contributed by atoms with Crippen molar-refractivity contribution in [1.82, 2.24) is 10.2 Å². The molecule has 1 aromatic carbocycles. The van der Waals surface area contributed by atoms with E-state index in [2.05, 4.69) is 31.2 Å². The van der Waals surface area contributed by atoms with Crippen molar-refractivity contribution in [2.24, 2.45) is 27.2 Å². The summed E-state index contributed by atoms with van der Waals surface area (Å²) >= 11 is 0. The monoisotopic (exact) mass is 598 g/mol. The molecule has 0 bridgehead atoms. The van der Waals surface area contributed by atoms with Crippen LogP contribution in [0.3, 0.4) is 0 Å². The van der Waals surface area contributed by atoms with E-state index in [0.29, 0.717) is 31.4 Å². The number of nitrogens with one attached hydrogen (secondary N) is 2. The first-order chi connectivity index (χ1) is 19.3. The molecular weight excluding hydrogens is 562 g/mol. The van der Waals surface area contributed by atoms with Gasteiger partial charge >= 0.3 is 18.4 Å². The van der Waals surface area contributed by atoms with E-state index in [0.717, 1.165) is 19.3 Å². The van der Waals surface area contributed by atoms with Crippen molar-refractivity contribution < 1.29 is 35.9 Å². The fraction of sp³-hybridized carbons (Fsp3) is 0.633. The molecule has 0 radical (unpaired) electrons. The maximum atomic E-state index is 13.3. The summed E-state index contributed by atoms with van der Waals surface area (Å²) in [6.45, 7) is 10.5. The number of likely N-dealkylation sites (N-methyl/N-ethyl adjacent to an activating group) is 1. The molecule has 1 heterocycles. The standard InChI is InChI=1S/C30H36F6N4O2/c1-25-12-13-26(2)21(39-24(42)38-19-15-17(29(31,32)33)14-18(16-19)30(34,35)36)8-11-28(26,37-4)20(25)6-7-22-27(25,3)10-9-23(41)40(22)5/h9-10,14-16,20-22H,4,6-8,11-13H2,1-3,5H3,(H2,38,39,42)/t20-,21+,22-,25+,26-,27+,28-/m1/s1. The first kappa shape index (κ1) is 30.4. The van der Waals surface area contributed by atoms with E-state index < -0.39 is 52.2 Å². The number of carbonyl (C=O) groups excluding carboxylic acids is 2. The lowest BCUT2D eigenvalue weighted by Crippen LogP contribution is -2.69. The summed E-state index contributed by atoms with van der Waals surface area (Å²) in [6.07, 6.45) is -2.16. The Hall–Kier alpha value is -3.05. The maximum absolute atomic E-state index is 13.3. The number of hydrogen-bond donors (Lipinski definition) is 2. The van der Waals surface area contributed by atoms with Gasteiger partial charge in [-0.2, -0.15) is 26.3 Å². The van der Waals surface area contributed by atoms with Crippen LogP contribution >= 0.6 is 0 Å². The third-order valence-electron chi connectivity index (χ3n) is 11.6. The highest BCUT2D eigenvalue weighted by molar-refractivity contribution is 5.90. The van der Waals surface area contributed by atoms with Gasteiger partial charge in [-0.25, -0.2) is 4.79 Å². The maximum Gasteiger partial charge on any atom is 0.416 e. The third-order valence-corrected chi connectivity index (χ3v) is 11.6. The molecule has 3 amide bonds. The number of hydrogen-bond acceptors (Lipinski definition) is 3. The molecule has 230 valence electrons. The molecule has 0 saturated heterocycles. The smallest absolute Gasteiger partial charge is 0.338 e. The second-order valence-electron chi connectivity index (χ2n) is 13.1. The summed E-state index contributed by atoms with van der Waals surface area (Å²) in [5.74, 6) is 0.0671. The number of carbonyl (C=O) groups is 2. The number of fused-ring (bicyclic) bond motifs is 5. The first-order valence-corrected chi connectivity index (χ1v) is 14.1. The predicted molar refractivity (Wildman–Crippen MR) is 146 cm³/mol. The molecule has 4 aliphatic rings. The minimum Gasteiger partial charge on any atom is -0.338 e. The Kier molecular flexibility index (Phi) is 6.86. The van der Waals surface area contributed by atoms with Crippen LogP contribution in [-0.2, 0) is 17.1 Å². The van der Waals surface area contributed by atoms with Gasteiger partial charge in [-0.05, 0) is 80.9 Å². The number of urea groups is 1. The van der Waals surface area contributed by atoms with Gasteiger partial charge in [0.25, 0.3) is 0 Å². The molecule has 3 saturated carbocycles. The van der Waals surface area contributed by atoms with Crippen LogP contribution in [0.25, 0.3) is 0 Å². The molecule has 3 aliphatic carbocycles. The lowest BCUT2D eigenvalue weighted by Gasteiger charge is -2.68. The number of halogens is 6. The van der Waals surface area contributed by atoms with E-state index in [4.69, 9.17) is 4.99 Å². The van der Waals surface area contributed by atoms with E-state index in [1.54, 1.807) is 6.08 Å². The molecule has 5 rings (SSSR count). The quantitative estimate of drug-likeness (QED) is 0.289. The first-order valence-electron chi connectivity index (χ1n) is 14.1. The number of alkyl halides is 6. The van der Waals surface area contributed by atoms with Crippen molar-refractivity contribution in [3.05, 3.63) is 41.5 Å². The minimum absolute atomic E-state index is 0.0176. The van der Waals surface area contributed by atoms with Crippen LogP contribution in [0, 0.1) is 22.2 Å². The lowest BCUT2D eigenvalue weighted by molar-refractivity contribution is -0.163. The van der Waals surface area contributed by atoms with E-state index in [9.17, 15) is 35.9 Å². The second kappa shape index (κ2) is 9.47. The molecule has 42 heavy (non-hydrogen) atoms. The van der Waals surface area contributed by atoms with E-state index >= 15 is 0 Å². The molecule has 0 aromatic heterocycles. The highest BCUT2D eigenvalue weighted by atomic mass is 19.4. The highest BCUT2D eigenvalue weighted by Gasteiger charge is 2.72. The van der Waals surface area contributed by atoms with Crippen molar-refractivity contribution in [1.29, 1.82) is 0 Å². The zero-order valence-electron chi connectivity index (χ0n) is 24.0. The third kappa shape index (κ3) is 4.25. The van der Waals surface area contributed by atoms with Crippen LogP contribution in [0.4, 0.5) is 36.8 Å². The Balaban J connectivity index is 1.41. The van der Waals surface area contributed by atoms with Crippen molar-refractivity contribution in [3.8, 4) is 0 Å². The summed E-state index contributed by atoms with van der Waals surface area (Å²) in [5.41, 5.74) is -5.31. The van der Waals surface area contributed by atoms with Crippen LogP contribution in [-0.4, -0.2) is 48.2 Å². The van der Waals surface area contributed by atoms with E-state index in [-0.39, 0.29) is 34.8 Å². The Bertz CT molecular complexity index is 1310. The van der Waals surface area contributed by atoms with Crippen molar-refractivity contribution in [2.75, 3.05) is 12.4 Å². The van der Waals surface area contributed by atoms with Crippen LogP contribution in [0.15, 0.2) is 35.3 Å². The number of aliphatic imine (C=N–C) groups is 1. The van der Waals surface area contributed by atoms with Gasteiger partial charge < -0.3 is 15.5 Å². The number of rotatable bonds is 3. The van der Waals surface area contributed by atoms with Gasteiger partial charge in [0.2, 0.25) is 5.91 Å². The number of benzene rings is 1. The topological polar surface area (TPSA) is 73.8 Å². The molecule has 3 fully saturated rings. The van der Waals surface area contributed by atoms with Gasteiger partial charge in [0.05, 0.1) is 16.7 Å². The zero-order chi connectivity index (χ0) is 31.1. The Morgan fingerprint density at radius 3 is 2.12 bits per heavy atom. The molecule has 12 heteroatoms. The average Bonchev–Trinajstić information content (AvgIpc) is 3.18. The second-order valence-corrected chi connectivity index (χ2v) is 13.1. The number of nitrogens with zero attached hydrogens (tertiary/aromatic N) is 2. The van der Waals surface area contributed by atoms with Crippen LogP contribution < -0.4 is 10.6 Å². The molecular formula is C30H36F6N4O2. The predicted octanol–water partition coefficient (Wildman–Crippen LogP) is 7.07.